The lowest BCUT2D eigenvalue weighted by Crippen LogP contribution is -2.33. The van der Waals surface area contributed by atoms with Crippen LogP contribution in [0.2, 0.25) is 0 Å². The van der Waals surface area contributed by atoms with Crippen molar-refractivity contribution in [1.82, 2.24) is 9.78 Å². The number of nitrogens with two attached hydrogens (primary N) is 1. The Hall–Kier alpha value is -1.54. The molecule has 0 bridgehead atoms. The normalized spacial score (nSPS) is 12.8. The molecule has 7 nitrogen and oxygen atoms in total. The first kappa shape index (κ1) is 19.5. The van der Waals surface area contributed by atoms with Crippen LogP contribution in [0.15, 0.2) is 6.07 Å². The van der Waals surface area contributed by atoms with E-state index < -0.39 is 12.0 Å². The van der Waals surface area contributed by atoms with Gasteiger partial charge in [0.2, 0.25) is 5.88 Å². The number of carboxylic acid groups (broad SMARTS) is 1. The third kappa shape index (κ3) is 7.72. The molecule has 0 aliphatic rings. The van der Waals surface area contributed by atoms with Crippen molar-refractivity contribution in [3.05, 3.63) is 11.8 Å². The maximum atomic E-state index is 10.2. The monoisotopic (exact) mass is 317 g/mol. The van der Waals surface area contributed by atoms with Crippen molar-refractivity contribution in [1.29, 1.82) is 0 Å². The van der Waals surface area contributed by atoms with Gasteiger partial charge in [0, 0.05) is 13.1 Å². The largest absolute Gasteiger partial charge is 0.480 e. The maximum Gasteiger partial charge on any atom is 0.320 e. The van der Waals surface area contributed by atoms with Crippen LogP contribution in [0.25, 0.3) is 0 Å². The van der Waals surface area contributed by atoms with Crippen molar-refractivity contribution in [3.8, 4) is 5.88 Å². The average molecular weight is 317 g/mol. The van der Waals surface area contributed by atoms with Gasteiger partial charge in [-0.2, -0.15) is 16.9 Å². The van der Waals surface area contributed by atoms with Crippen LogP contribution in [0.3, 0.4) is 0 Å². The molecule has 1 aromatic rings. The molecule has 0 aromatic carbocycles. The second-order valence-electron chi connectivity index (χ2n) is 4.27. The van der Waals surface area contributed by atoms with E-state index in [0.717, 1.165) is 11.6 Å². The first-order chi connectivity index (χ1) is 9.85. The van der Waals surface area contributed by atoms with Gasteiger partial charge in [-0.05, 0) is 26.5 Å². The lowest BCUT2D eigenvalue weighted by atomic mass is 10.2. The predicted octanol–water partition coefficient (Wildman–Crippen LogP) is 0.846. The van der Waals surface area contributed by atoms with Gasteiger partial charge in [-0.3, -0.25) is 4.79 Å². The summed E-state index contributed by atoms with van der Waals surface area (Å²) in [7, 11) is 1.87. The maximum absolute atomic E-state index is 10.2. The van der Waals surface area contributed by atoms with Gasteiger partial charge >= 0.3 is 5.97 Å². The Morgan fingerprint density at radius 3 is 2.62 bits per heavy atom. The van der Waals surface area contributed by atoms with E-state index in [4.69, 9.17) is 15.6 Å². The van der Waals surface area contributed by atoms with E-state index in [-0.39, 0.29) is 11.7 Å². The van der Waals surface area contributed by atoms with Crippen LogP contribution in [-0.2, 0) is 16.6 Å². The predicted molar refractivity (Wildman–Crippen MR) is 82.7 cm³/mol. The zero-order valence-electron chi connectivity index (χ0n) is 12.8. The minimum Gasteiger partial charge on any atom is -0.480 e. The standard InChI is InChI=1S/C7H12N2O.C6H11NO3S/c1-4-10-7-5-6(2)8-9(7)3;1-11-4(3-8)2-5(7)6(9)10/h5H,4H2,1-3H3;3-5H,2,7H2,1H3,(H,9,10). The molecule has 0 aliphatic carbocycles. The zero-order chi connectivity index (χ0) is 16.4. The second-order valence-corrected chi connectivity index (χ2v) is 5.35. The summed E-state index contributed by atoms with van der Waals surface area (Å²) in [4.78, 5) is 20.4. The van der Waals surface area contributed by atoms with Gasteiger partial charge in [0.05, 0.1) is 17.6 Å². The third-order valence-corrected chi connectivity index (χ3v) is 3.42. The van der Waals surface area contributed by atoms with Gasteiger partial charge in [0.25, 0.3) is 0 Å². The number of carbonyl (C=O) groups excluding carboxylic acids is 1. The van der Waals surface area contributed by atoms with E-state index in [0.29, 0.717) is 12.9 Å². The molecule has 0 spiro atoms. The molecular formula is C13H23N3O4S. The fourth-order valence-electron chi connectivity index (χ4n) is 1.43. The number of rotatable bonds is 7. The van der Waals surface area contributed by atoms with E-state index in [1.165, 1.54) is 11.8 Å². The Bertz CT molecular complexity index is 451. The van der Waals surface area contributed by atoms with Gasteiger partial charge in [-0.25, -0.2) is 4.68 Å². The first-order valence-corrected chi connectivity index (χ1v) is 7.74. The SMILES string of the molecule is CCOc1cc(C)nn1C.CSC(C=O)CC(N)C(=O)O. The minimum absolute atomic E-state index is 0.194. The molecule has 2 atom stereocenters. The number of carboxylic acids is 1. The summed E-state index contributed by atoms with van der Waals surface area (Å²) in [5.41, 5.74) is 6.19. The molecule has 3 N–H and O–H groups in total. The topological polar surface area (TPSA) is 107 Å². The van der Waals surface area contributed by atoms with Crippen LogP contribution >= 0.6 is 11.8 Å². The minimum atomic E-state index is -1.06. The van der Waals surface area contributed by atoms with Crippen molar-refractivity contribution in [2.75, 3.05) is 12.9 Å². The molecular weight excluding hydrogens is 294 g/mol. The highest BCUT2D eigenvalue weighted by Crippen LogP contribution is 2.10. The van der Waals surface area contributed by atoms with Crippen molar-refractivity contribution >= 4 is 24.0 Å². The van der Waals surface area contributed by atoms with Gasteiger partial charge in [-0.15, -0.1) is 0 Å². The molecule has 0 saturated heterocycles. The highest BCUT2D eigenvalue weighted by Gasteiger charge is 2.16. The number of aryl methyl sites for hydroxylation is 2. The lowest BCUT2D eigenvalue weighted by Gasteiger charge is -2.09. The molecule has 0 saturated carbocycles. The second kappa shape index (κ2) is 10.2. The number of thioether (sulfide) groups is 1. The summed E-state index contributed by atoms with van der Waals surface area (Å²) < 4.78 is 6.99. The summed E-state index contributed by atoms with van der Waals surface area (Å²) in [6, 6.07) is 0.987. The van der Waals surface area contributed by atoms with Gasteiger partial charge in [0.1, 0.15) is 12.3 Å². The van der Waals surface area contributed by atoms with Crippen molar-refractivity contribution in [2.24, 2.45) is 12.8 Å². The van der Waals surface area contributed by atoms with Gasteiger partial charge < -0.3 is 20.4 Å². The lowest BCUT2D eigenvalue weighted by molar-refractivity contribution is -0.138. The fourth-order valence-corrected chi connectivity index (χ4v) is 1.94. The average Bonchev–Trinajstić information content (AvgIpc) is 2.75. The molecule has 0 radical (unpaired) electrons. The number of hydrogen-bond donors (Lipinski definition) is 2. The Balaban J connectivity index is 0.000000382. The van der Waals surface area contributed by atoms with E-state index in [2.05, 4.69) is 5.10 Å². The van der Waals surface area contributed by atoms with Crippen LogP contribution < -0.4 is 10.5 Å². The quantitative estimate of drug-likeness (QED) is 0.718. The van der Waals surface area contributed by atoms with Crippen molar-refractivity contribution in [3.63, 3.8) is 0 Å². The smallest absolute Gasteiger partial charge is 0.320 e. The van der Waals surface area contributed by atoms with E-state index in [9.17, 15) is 9.59 Å². The summed E-state index contributed by atoms with van der Waals surface area (Å²) in [5.74, 6) is -0.231. The van der Waals surface area contributed by atoms with E-state index >= 15 is 0 Å². The first-order valence-electron chi connectivity index (χ1n) is 6.45. The third-order valence-electron chi connectivity index (χ3n) is 2.51. The van der Waals surface area contributed by atoms with Gasteiger partial charge in [0.15, 0.2) is 0 Å². The molecule has 21 heavy (non-hydrogen) atoms. The molecule has 8 heteroatoms. The van der Waals surface area contributed by atoms with E-state index in [1.807, 2.05) is 27.0 Å². The zero-order valence-corrected chi connectivity index (χ0v) is 13.6. The Morgan fingerprint density at radius 2 is 2.29 bits per heavy atom. The van der Waals surface area contributed by atoms with E-state index in [1.54, 1.807) is 10.9 Å². The molecule has 0 aliphatic heterocycles. The van der Waals surface area contributed by atoms with Crippen molar-refractivity contribution in [2.45, 2.75) is 31.6 Å². The van der Waals surface area contributed by atoms with Gasteiger partial charge in [-0.1, -0.05) is 0 Å². The Morgan fingerprint density at radius 1 is 1.67 bits per heavy atom. The molecule has 2 unspecified atom stereocenters. The number of aldehydes is 1. The fraction of sp³-hybridized carbons (Fsp3) is 0.615. The molecule has 1 heterocycles. The molecule has 1 rings (SSSR count). The summed E-state index contributed by atoms with van der Waals surface area (Å²) in [5, 5.41) is 12.2. The Labute approximate surface area is 128 Å². The highest BCUT2D eigenvalue weighted by molar-refractivity contribution is 7.99. The highest BCUT2D eigenvalue weighted by atomic mass is 32.2. The van der Waals surface area contributed by atoms with Crippen LogP contribution in [-0.4, -0.2) is 51.3 Å². The number of aromatic nitrogens is 2. The molecule has 1 aromatic heterocycles. The summed E-state index contributed by atoms with van der Waals surface area (Å²) in [6.07, 6.45) is 2.65. The van der Waals surface area contributed by atoms with Crippen LogP contribution in [0.4, 0.5) is 0 Å². The summed E-state index contributed by atoms with van der Waals surface area (Å²) in [6.45, 7) is 4.60. The van der Waals surface area contributed by atoms with Crippen LogP contribution in [0.1, 0.15) is 19.0 Å². The Kier molecular flexibility index (Phi) is 9.48. The number of hydrogen-bond acceptors (Lipinski definition) is 6. The number of carbonyl (C=O) groups is 2. The molecule has 120 valence electrons. The number of nitrogens with zero attached hydrogens (tertiary/aromatic N) is 2. The van der Waals surface area contributed by atoms with Crippen LogP contribution in [0, 0.1) is 6.92 Å². The van der Waals surface area contributed by atoms with Crippen molar-refractivity contribution < 1.29 is 19.4 Å². The number of ether oxygens (including phenoxy) is 1. The molecule has 0 amide bonds. The number of aliphatic carboxylic acids is 1. The summed E-state index contributed by atoms with van der Waals surface area (Å²) >= 11 is 1.30. The molecule has 0 fully saturated rings. The van der Waals surface area contributed by atoms with Crippen LogP contribution in [0.5, 0.6) is 5.88 Å².